The third kappa shape index (κ3) is 8.06. The fourth-order valence-corrected chi connectivity index (χ4v) is 11.7. The molecule has 7 atom stereocenters. The first-order chi connectivity index (χ1) is 31.6. The Morgan fingerprint density at radius 3 is 2.65 bits per heavy atom. The maximum atomic E-state index is 14.5. The van der Waals surface area contributed by atoms with Crippen LogP contribution in [0.4, 0.5) is 0 Å². The third-order valence-corrected chi connectivity index (χ3v) is 14.9. The molecule has 0 spiro atoms. The highest BCUT2D eigenvalue weighted by Gasteiger charge is 2.55. The zero-order valence-electron chi connectivity index (χ0n) is 37.2. The van der Waals surface area contributed by atoms with Crippen molar-refractivity contribution in [3.63, 3.8) is 0 Å². The standard InChI is InChI=1S/C50H60N2O13/c1-3-62-49(59)48-37(24-56)42-31-14-33(23-55)44(58)35(16-31)34-15-30-7-9-51-40(30)17-29(34)6-5-27(21-53)26-63-46-36-18-41(64-45(36)38(25-57)47(65-48)43(42)46)50(60)19-28(22-54)13-32-20-52(10-4-12-61-2)11-8-39(32)50/h7,13,15,17,24,27,32-33,35,39,41,53-55,57,60H,3-6,8-12,14,16,18-23,25-26H2,1-2H3. The summed E-state index contributed by atoms with van der Waals surface area (Å²) < 4.78 is 31.0. The Kier molecular flexibility index (Phi) is 13.2. The van der Waals surface area contributed by atoms with Gasteiger partial charge in [0, 0.05) is 81.1 Å². The molecule has 348 valence electrons. The molecule has 2 aliphatic carbocycles. The Balaban J connectivity index is 1.24. The number of carbonyl (C=O) groups is 3. The van der Waals surface area contributed by atoms with Crippen LogP contribution in [0.2, 0.25) is 0 Å². The van der Waals surface area contributed by atoms with Crippen LogP contribution in [0, 0.1) is 23.7 Å². The lowest BCUT2D eigenvalue weighted by molar-refractivity contribution is -0.141. The summed E-state index contributed by atoms with van der Waals surface area (Å²) in [6, 6.07) is 4.00. The first-order valence-electron chi connectivity index (χ1n) is 23.2. The van der Waals surface area contributed by atoms with Crippen LogP contribution in [-0.2, 0) is 43.3 Å². The van der Waals surface area contributed by atoms with Crippen LogP contribution in [-0.4, -0.2) is 133 Å². The molecule has 1 saturated heterocycles. The van der Waals surface area contributed by atoms with Crippen LogP contribution in [0.3, 0.4) is 0 Å². The number of ketones is 1. The first-order valence-corrected chi connectivity index (χ1v) is 23.2. The zero-order chi connectivity index (χ0) is 45.6. The molecule has 0 amide bonds. The summed E-state index contributed by atoms with van der Waals surface area (Å²) in [6.07, 6.45) is 6.73. The normalized spacial score (nSPS) is 28.2. The number of nitrogens with zero attached hydrogens (tertiary/aromatic N) is 2. The van der Waals surface area contributed by atoms with E-state index in [0.717, 1.165) is 41.2 Å². The average molecular weight is 897 g/mol. The van der Waals surface area contributed by atoms with Gasteiger partial charge in [0.05, 0.1) is 61.6 Å². The van der Waals surface area contributed by atoms with Crippen molar-refractivity contribution in [2.24, 2.45) is 28.7 Å². The van der Waals surface area contributed by atoms with Gasteiger partial charge in [0.1, 0.15) is 34.7 Å². The van der Waals surface area contributed by atoms with E-state index in [1.165, 1.54) is 0 Å². The van der Waals surface area contributed by atoms with Gasteiger partial charge >= 0.3 is 5.97 Å². The molecule has 0 aromatic heterocycles. The lowest BCUT2D eigenvalue weighted by atomic mass is 9.64. The lowest BCUT2D eigenvalue weighted by Gasteiger charge is -2.50. The molecule has 7 aliphatic rings. The number of allylic oxidation sites excluding steroid dienone is 3. The molecule has 5 heterocycles. The van der Waals surface area contributed by atoms with Crippen molar-refractivity contribution >= 4 is 29.7 Å². The Hall–Kier alpha value is -4.74. The molecule has 2 aromatic carbocycles. The molecule has 1 saturated carbocycles. The predicted octanol–water partition coefficient (Wildman–Crippen LogP) is 1.78. The van der Waals surface area contributed by atoms with E-state index in [2.05, 4.69) is 16.0 Å². The van der Waals surface area contributed by atoms with Gasteiger partial charge in [-0.15, -0.1) is 0 Å². The minimum atomic E-state index is -1.46. The summed E-state index contributed by atoms with van der Waals surface area (Å²) in [5.74, 6) is -3.32. The molecular weight excluding hydrogens is 837 g/mol. The highest BCUT2D eigenvalue weighted by molar-refractivity contribution is 6.11. The predicted molar refractivity (Wildman–Crippen MR) is 236 cm³/mol. The van der Waals surface area contributed by atoms with E-state index < -0.39 is 54.4 Å². The van der Waals surface area contributed by atoms with Crippen LogP contribution in [0.15, 0.2) is 45.7 Å². The van der Waals surface area contributed by atoms with Crippen molar-refractivity contribution in [1.82, 2.24) is 4.90 Å². The summed E-state index contributed by atoms with van der Waals surface area (Å²) in [6.45, 7) is 3.48. The SMILES string of the molecule is CCOC(=O)C1=C(C=O)C2=C3CC(CO)C(=O)C(C3)c3cc4c(cc3CCC(CO)COc3c5c(c(CO)c(c32)O1)OC(C1(O)CC(CO)=CC2CN(CCCOC)CCC21)C5)=NCC=4. The quantitative estimate of drug-likeness (QED) is 0.0890. The zero-order valence-corrected chi connectivity index (χ0v) is 37.2. The number of Topliss-reactive ketones (excluding diaryl/α,β-unsaturated/α-hetero) is 1. The molecule has 5 N–H and O–H groups in total. The number of piperidine rings is 1. The number of esters is 1. The van der Waals surface area contributed by atoms with Gasteiger partial charge < -0.3 is 54.1 Å². The molecule has 5 aliphatic heterocycles. The number of hydrogen-bond acceptors (Lipinski definition) is 15. The van der Waals surface area contributed by atoms with Crippen LogP contribution in [0.25, 0.3) is 11.6 Å². The van der Waals surface area contributed by atoms with E-state index in [0.29, 0.717) is 62.0 Å². The number of carbonyl (C=O) groups excluding carboxylic acids is 3. The van der Waals surface area contributed by atoms with Crippen molar-refractivity contribution in [3.8, 4) is 17.2 Å². The molecule has 2 bridgehead atoms. The van der Waals surface area contributed by atoms with Crippen molar-refractivity contribution in [2.45, 2.75) is 82.5 Å². The van der Waals surface area contributed by atoms with E-state index in [1.807, 2.05) is 18.2 Å². The van der Waals surface area contributed by atoms with Crippen molar-refractivity contribution in [1.29, 1.82) is 0 Å². The van der Waals surface area contributed by atoms with E-state index in [4.69, 9.17) is 23.7 Å². The van der Waals surface area contributed by atoms with Crippen LogP contribution in [0.5, 0.6) is 17.2 Å². The number of methoxy groups -OCH3 is 1. The molecule has 15 heteroatoms. The molecule has 9 rings (SSSR count). The van der Waals surface area contributed by atoms with E-state index in [9.17, 15) is 39.9 Å². The highest BCUT2D eigenvalue weighted by Crippen LogP contribution is 2.58. The summed E-state index contributed by atoms with van der Waals surface area (Å²) in [5.41, 5.74) is 2.63. The van der Waals surface area contributed by atoms with Crippen LogP contribution >= 0.6 is 0 Å². The number of rotatable bonds is 12. The monoisotopic (exact) mass is 896 g/mol. The number of ether oxygens (including phenoxy) is 5. The number of aryl methyl sites for hydroxylation is 1. The number of benzene rings is 2. The van der Waals surface area contributed by atoms with Gasteiger partial charge in [-0.05, 0) is 92.0 Å². The number of fused-ring (bicyclic) bond motifs is 8. The van der Waals surface area contributed by atoms with Gasteiger partial charge in [-0.25, -0.2) is 4.79 Å². The lowest BCUT2D eigenvalue weighted by Crippen LogP contribution is -2.59. The molecule has 65 heavy (non-hydrogen) atoms. The number of aliphatic hydroxyl groups excluding tert-OH is 4. The smallest absolute Gasteiger partial charge is 0.375 e. The third-order valence-electron chi connectivity index (χ3n) is 14.9. The minimum Gasteiger partial charge on any atom is -0.492 e. The molecular formula is C50H60N2O13. The fraction of sp³-hybridized carbons (Fsp3) is 0.560. The van der Waals surface area contributed by atoms with Gasteiger partial charge in [0.25, 0.3) is 0 Å². The molecule has 0 radical (unpaired) electrons. The van der Waals surface area contributed by atoms with Gasteiger partial charge in [-0.1, -0.05) is 17.7 Å². The number of aliphatic hydroxyl groups is 5. The molecule has 2 fully saturated rings. The van der Waals surface area contributed by atoms with Crippen LogP contribution in [0.1, 0.15) is 79.2 Å². The minimum absolute atomic E-state index is 0.00530. The van der Waals surface area contributed by atoms with Gasteiger partial charge in [-0.2, -0.15) is 0 Å². The Morgan fingerprint density at radius 1 is 1.06 bits per heavy atom. The summed E-state index contributed by atoms with van der Waals surface area (Å²) in [7, 11) is 1.68. The van der Waals surface area contributed by atoms with Crippen molar-refractivity contribution < 1.29 is 63.6 Å². The highest BCUT2D eigenvalue weighted by atomic mass is 16.6. The Morgan fingerprint density at radius 2 is 1.91 bits per heavy atom. The van der Waals surface area contributed by atoms with Crippen molar-refractivity contribution in [2.75, 3.05) is 72.9 Å². The topological polar surface area (TPSA) is 214 Å². The average Bonchev–Trinajstić information content (AvgIpc) is 3.98. The van der Waals surface area contributed by atoms with E-state index in [-0.39, 0.29) is 109 Å². The maximum Gasteiger partial charge on any atom is 0.375 e. The number of hydrogen-bond donors (Lipinski definition) is 5. The molecule has 15 nitrogen and oxygen atoms in total. The summed E-state index contributed by atoms with van der Waals surface area (Å²) in [5, 5.41) is 58.4. The van der Waals surface area contributed by atoms with Crippen LogP contribution < -0.4 is 24.8 Å². The molecule has 2 aromatic rings. The summed E-state index contributed by atoms with van der Waals surface area (Å²) >= 11 is 0. The summed E-state index contributed by atoms with van der Waals surface area (Å²) in [4.78, 5) is 49.0. The fourth-order valence-electron chi connectivity index (χ4n) is 11.7. The molecule has 7 unspecified atom stereocenters. The van der Waals surface area contributed by atoms with Crippen molar-refractivity contribution in [3.05, 3.63) is 79.1 Å². The first kappa shape index (κ1) is 45.4. The second kappa shape index (κ2) is 18.9. The van der Waals surface area contributed by atoms with E-state index >= 15 is 0 Å². The largest absolute Gasteiger partial charge is 0.492 e. The van der Waals surface area contributed by atoms with Gasteiger partial charge in [0.15, 0.2) is 6.29 Å². The second-order valence-electron chi connectivity index (χ2n) is 18.6. The van der Waals surface area contributed by atoms with Gasteiger partial charge in [0.2, 0.25) is 5.76 Å². The van der Waals surface area contributed by atoms with Gasteiger partial charge in [-0.3, -0.25) is 14.6 Å². The second-order valence-corrected chi connectivity index (χ2v) is 18.6. The number of likely N-dealkylation sites (tertiary alicyclic amines) is 1. The Bertz CT molecular complexity index is 2480. The Labute approximate surface area is 377 Å². The maximum absolute atomic E-state index is 14.5. The number of aldehydes is 1. The van der Waals surface area contributed by atoms with E-state index in [1.54, 1.807) is 14.0 Å².